The molecular weight excluding hydrogens is 504 g/mol. The number of hydrogen-bond donors (Lipinski definition) is 2. The summed E-state index contributed by atoms with van der Waals surface area (Å²) in [5.41, 5.74) is 4.39. The van der Waals surface area contributed by atoms with Gasteiger partial charge >= 0.3 is 5.97 Å². The molecule has 2 aliphatic rings. The standard InChI is InChI=1S/C32H40N4O4/c1-33-31(34-2)23-15-17-35(18-16-23)28(37)20-36-27-14-11-24(32(38)39)19-26(27)29(21-7-5-4-6-8-21)30(36)22-9-12-25(40-3)13-10-22/h9-14,19,21,23H,4-8,15-18,20H2,1-3H3,(H,33,34)(H,38,39). The molecule has 1 aliphatic heterocycles. The molecule has 1 amide bonds. The van der Waals surface area contributed by atoms with Gasteiger partial charge in [0.25, 0.3) is 0 Å². The first-order valence-electron chi connectivity index (χ1n) is 14.4. The first-order chi connectivity index (χ1) is 19.4. The fourth-order valence-corrected chi connectivity index (χ4v) is 6.68. The van der Waals surface area contributed by atoms with Crippen molar-refractivity contribution in [2.24, 2.45) is 10.9 Å². The summed E-state index contributed by atoms with van der Waals surface area (Å²) in [5.74, 6) is 1.57. The first-order valence-corrected chi connectivity index (χ1v) is 14.4. The van der Waals surface area contributed by atoms with Crippen LogP contribution in [-0.4, -0.2) is 66.6 Å². The number of nitrogens with zero attached hydrogens (tertiary/aromatic N) is 3. The van der Waals surface area contributed by atoms with Crippen molar-refractivity contribution in [2.75, 3.05) is 34.3 Å². The lowest BCUT2D eigenvalue weighted by Crippen LogP contribution is -2.43. The molecule has 3 aromatic rings. The number of likely N-dealkylation sites (tertiary alicyclic amines) is 1. The zero-order chi connectivity index (χ0) is 28.2. The zero-order valence-corrected chi connectivity index (χ0v) is 23.8. The summed E-state index contributed by atoms with van der Waals surface area (Å²) in [5, 5.41) is 14.0. The van der Waals surface area contributed by atoms with Gasteiger partial charge in [-0.2, -0.15) is 0 Å². The molecule has 0 unspecified atom stereocenters. The second kappa shape index (κ2) is 12.1. The topological polar surface area (TPSA) is 96.2 Å². The number of carbonyl (C=O) groups is 2. The number of amides is 1. The van der Waals surface area contributed by atoms with E-state index in [1.165, 1.54) is 12.0 Å². The maximum atomic E-state index is 13.8. The summed E-state index contributed by atoms with van der Waals surface area (Å²) in [4.78, 5) is 32.1. The van der Waals surface area contributed by atoms with Crippen LogP contribution in [0.4, 0.5) is 0 Å². The number of amidine groups is 1. The maximum absolute atomic E-state index is 13.8. The largest absolute Gasteiger partial charge is 0.497 e. The minimum absolute atomic E-state index is 0.0852. The highest BCUT2D eigenvalue weighted by Crippen LogP contribution is 2.44. The summed E-state index contributed by atoms with van der Waals surface area (Å²) >= 11 is 0. The van der Waals surface area contributed by atoms with Gasteiger partial charge in [0.05, 0.1) is 24.2 Å². The number of aliphatic imine (C=N–C) groups is 1. The Hall–Kier alpha value is -3.81. The molecule has 8 nitrogen and oxygen atoms in total. The van der Waals surface area contributed by atoms with Crippen LogP contribution >= 0.6 is 0 Å². The lowest BCUT2D eigenvalue weighted by molar-refractivity contribution is -0.132. The molecule has 0 bridgehead atoms. The Labute approximate surface area is 236 Å². The van der Waals surface area contributed by atoms with E-state index >= 15 is 0 Å². The second-order valence-electron chi connectivity index (χ2n) is 11.0. The van der Waals surface area contributed by atoms with E-state index in [1.807, 2.05) is 48.3 Å². The monoisotopic (exact) mass is 544 g/mol. The number of ether oxygens (including phenoxy) is 1. The minimum Gasteiger partial charge on any atom is -0.497 e. The van der Waals surface area contributed by atoms with Crippen molar-refractivity contribution in [2.45, 2.75) is 57.4 Å². The van der Waals surface area contributed by atoms with Crippen LogP contribution in [0.2, 0.25) is 0 Å². The van der Waals surface area contributed by atoms with E-state index in [0.717, 1.165) is 72.3 Å². The molecule has 0 spiro atoms. The molecule has 1 aliphatic carbocycles. The van der Waals surface area contributed by atoms with E-state index in [9.17, 15) is 14.7 Å². The van der Waals surface area contributed by atoms with Crippen LogP contribution in [0.1, 0.15) is 66.8 Å². The third-order valence-electron chi connectivity index (χ3n) is 8.75. The molecule has 5 rings (SSSR count). The number of aromatic nitrogens is 1. The van der Waals surface area contributed by atoms with E-state index < -0.39 is 5.97 Å². The highest BCUT2D eigenvalue weighted by molar-refractivity contribution is 5.99. The van der Waals surface area contributed by atoms with E-state index in [2.05, 4.69) is 14.9 Å². The zero-order valence-electron chi connectivity index (χ0n) is 23.8. The van der Waals surface area contributed by atoms with Gasteiger partial charge in [-0.3, -0.25) is 9.79 Å². The van der Waals surface area contributed by atoms with Crippen molar-refractivity contribution in [3.8, 4) is 17.0 Å². The number of carboxylic acid groups (broad SMARTS) is 1. The fraction of sp³-hybridized carbons (Fsp3) is 0.469. The van der Waals surface area contributed by atoms with Crippen molar-refractivity contribution < 1.29 is 19.4 Å². The van der Waals surface area contributed by atoms with Crippen LogP contribution in [0.15, 0.2) is 47.5 Å². The van der Waals surface area contributed by atoms with Crippen LogP contribution in [0, 0.1) is 5.92 Å². The smallest absolute Gasteiger partial charge is 0.335 e. The predicted octanol–water partition coefficient (Wildman–Crippen LogP) is 5.55. The Morgan fingerprint density at radius 3 is 2.33 bits per heavy atom. The summed E-state index contributed by atoms with van der Waals surface area (Å²) in [7, 11) is 5.36. The number of nitrogens with one attached hydrogen (secondary N) is 1. The Balaban J connectivity index is 1.58. The molecule has 2 heterocycles. The quantitative estimate of drug-likeness (QED) is 0.300. The van der Waals surface area contributed by atoms with Crippen molar-refractivity contribution in [1.29, 1.82) is 0 Å². The molecule has 0 radical (unpaired) electrons. The van der Waals surface area contributed by atoms with Gasteiger partial charge in [0.1, 0.15) is 12.3 Å². The number of benzene rings is 2. The average Bonchev–Trinajstić information content (AvgIpc) is 3.31. The molecule has 40 heavy (non-hydrogen) atoms. The molecular formula is C32H40N4O4. The van der Waals surface area contributed by atoms with Crippen molar-refractivity contribution in [3.05, 3.63) is 53.6 Å². The number of carbonyl (C=O) groups excluding carboxylic acids is 1. The summed E-state index contributed by atoms with van der Waals surface area (Å²) in [6, 6.07) is 13.3. The first kappa shape index (κ1) is 27.7. The predicted molar refractivity (Wildman–Crippen MR) is 158 cm³/mol. The van der Waals surface area contributed by atoms with Crippen molar-refractivity contribution >= 4 is 28.6 Å². The van der Waals surface area contributed by atoms with E-state index in [0.29, 0.717) is 24.9 Å². The number of methoxy groups -OCH3 is 1. The van der Waals surface area contributed by atoms with E-state index in [4.69, 9.17) is 4.74 Å². The SMILES string of the molecule is CN=C(NC)C1CCN(C(=O)Cn2c(-c3ccc(OC)cc3)c(C3CCCCC3)c3cc(C(=O)O)ccc32)CC1. The van der Waals surface area contributed by atoms with Gasteiger partial charge in [0.15, 0.2) is 0 Å². The summed E-state index contributed by atoms with van der Waals surface area (Å²) < 4.78 is 7.56. The lowest BCUT2D eigenvalue weighted by Gasteiger charge is -2.33. The number of carboxylic acids is 1. The van der Waals surface area contributed by atoms with Gasteiger partial charge in [-0.15, -0.1) is 0 Å². The van der Waals surface area contributed by atoms with E-state index in [1.54, 1.807) is 20.2 Å². The molecule has 1 saturated heterocycles. The average molecular weight is 545 g/mol. The molecule has 1 saturated carbocycles. The lowest BCUT2D eigenvalue weighted by atomic mass is 9.81. The molecule has 2 N–H and O–H groups in total. The van der Waals surface area contributed by atoms with E-state index in [-0.39, 0.29) is 18.0 Å². The highest BCUT2D eigenvalue weighted by Gasteiger charge is 2.30. The van der Waals surface area contributed by atoms with Crippen LogP contribution in [0.5, 0.6) is 5.75 Å². The third-order valence-corrected chi connectivity index (χ3v) is 8.75. The minimum atomic E-state index is -0.939. The molecule has 2 fully saturated rings. The van der Waals surface area contributed by atoms with Gasteiger partial charge in [0.2, 0.25) is 5.91 Å². The summed E-state index contributed by atoms with van der Waals surface area (Å²) in [6.45, 7) is 1.60. The Bertz CT molecular complexity index is 1390. The number of rotatable bonds is 7. The van der Waals surface area contributed by atoms with Crippen LogP contribution in [0.25, 0.3) is 22.2 Å². The van der Waals surface area contributed by atoms with Gasteiger partial charge < -0.3 is 24.6 Å². The second-order valence-corrected chi connectivity index (χ2v) is 11.0. The van der Waals surface area contributed by atoms with Crippen molar-refractivity contribution in [3.63, 3.8) is 0 Å². The number of aromatic carboxylic acids is 1. The molecule has 8 heteroatoms. The van der Waals surface area contributed by atoms with Gasteiger partial charge in [-0.05, 0) is 85.2 Å². The summed E-state index contributed by atoms with van der Waals surface area (Å²) in [6.07, 6.45) is 7.42. The number of fused-ring (bicyclic) bond motifs is 1. The Morgan fingerprint density at radius 2 is 1.73 bits per heavy atom. The Morgan fingerprint density at radius 1 is 1.02 bits per heavy atom. The van der Waals surface area contributed by atoms with Gasteiger partial charge in [-0.1, -0.05) is 19.3 Å². The molecule has 1 aromatic heterocycles. The van der Waals surface area contributed by atoms with Crippen LogP contribution in [0.3, 0.4) is 0 Å². The fourth-order valence-electron chi connectivity index (χ4n) is 6.68. The molecule has 0 atom stereocenters. The van der Waals surface area contributed by atoms with Gasteiger partial charge in [-0.25, -0.2) is 4.79 Å². The Kier molecular flexibility index (Phi) is 8.43. The van der Waals surface area contributed by atoms with Crippen molar-refractivity contribution in [1.82, 2.24) is 14.8 Å². The van der Waals surface area contributed by atoms with Gasteiger partial charge in [0, 0.05) is 44.0 Å². The molecule has 212 valence electrons. The molecule has 2 aromatic carbocycles. The van der Waals surface area contributed by atoms with Crippen LogP contribution in [-0.2, 0) is 11.3 Å². The number of piperidine rings is 1. The normalized spacial score (nSPS) is 17.3. The third kappa shape index (κ3) is 5.44. The van der Waals surface area contributed by atoms with Crippen LogP contribution < -0.4 is 10.1 Å². The number of hydrogen-bond acceptors (Lipinski definition) is 4. The maximum Gasteiger partial charge on any atom is 0.335 e. The highest BCUT2D eigenvalue weighted by atomic mass is 16.5.